The first-order chi connectivity index (χ1) is 6.72. The maximum Gasteiger partial charge on any atom is 0.254 e. The highest BCUT2D eigenvalue weighted by molar-refractivity contribution is 5.85. The fourth-order valence-corrected chi connectivity index (χ4v) is 2.57. The second kappa shape index (κ2) is 3.89. The Hall–Kier alpha value is -0.570. The van der Waals surface area contributed by atoms with Gasteiger partial charge in [-0.3, -0.25) is 4.79 Å². The zero-order valence-electron chi connectivity index (χ0n) is 8.67. The molecule has 3 heteroatoms. The van der Waals surface area contributed by atoms with Crippen LogP contribution in [0.4, 0.5) is 0 Å². The summed E-state index contributed by atoms with van der Waals surface area (Å²) >= 11 is 0. The summed E-state index contributed by atoms with van der Waals surface area (Å²) in [6.07, 6.45) is 6.69. The molecular weight excluding hydrogens is 178 g/mol. The zero-order chi connectivity index (χ0) is 10.0. The van der Waals surface area contributed by atoms with Crippen LogP contribution in [0.3, 0.4) is 0 Å². The number of aliphatic hydroxyl groups is 1. The highest BCUT2D eigenvalue weighted by atomic mass is 16.3. The molecular formula is C11H19NO2. The average Bonchev–Trinajstić information content (AvgIpc) is 2.70. The second-order valence-corrected chi connectivity index (χ2v) is 4.59. The van der Waals surface area contributed by atoms with E-state index in [0.29, 0.717) is 12.8 Å². The van der Waals surface area contributed by atoms with Gasteiger partial charge in [0.1, 0.15) is 5.60 Å². The maximum absolute atomic E-state index is 12.0. The van der Waals surface area contributed by atoms with E-state index in [9.17, 15) is 9.90 Å². The summed E-state index contributed by atoms with van der Waals surface area (Å²) in [5, 5.41) is 10.2. The van der Waals surface area contributed by atoms with E-state index in [4.69, 9.17) is 0 Å². The van der Waals surface area contributed by atoms with Crippen LogP contribution in [0.5, 0.6) is 0 Å². The molecule has 0 atom stereocenters. The molecule has 1 heterocycles. The summed E-state index contributed by atoms with van der Waals surface area (Å²) in [7, 11) is 0. The van der Waals surface area contributed by atoms with Gasteiger partial charge in [-0.1, -0.05) is 19.3 Å². The van der Waals surface area contributed by atoms with Crippen LogP contribution in [-0.2, 0) is 4.79 Å². The van der Waals surface area contributed by atoms with Crippen LogP contribution in [0.25, 0.3) is 0 Å². The van der Waals surface area contributed by atoms with E-state index >= 15 is 0 Å². The number of nitrogens with zero attached hydrogens (tertiary/aromatic N) is 1. The van der Waals surface area contributed by atoms with E-state index in [-0.39, 0.29) is 5.91 Å². The number of amides is 1. The molecule has 0 radical (unpaired) electrons. The van der Waals surface area contributed by atoms with Gasteiger partial charge in [0.25, 0.3) is 5.91 Å². The fourth-order valence-electron chi connectivity index (χ4n) is 2.57. The normalized spacial score (nSPS) is 26.5. The number of carbonyl (C=O) groups excluding carboxylic acids is 1. The van der Waals surface area contributed by atoms with Gasteiger partial charge in [-0.05, 0) is 25.7 Å². The predicted molar refractivity (Wildman–Crippen MR) is 53.8 cm³/mol. The minimum absolute atomic E-state index is 0.00491. The molecule has 1 N–H and O–H groups in total. The summed E-state index contributed by atoms with van der Waals surface area (Å²) in [6, 6.07) is 0. The lowest BCUT2D eigenvalue weighted by atomic mass is 9.84. The lowest BCUT2D eigenvalue weighted by Crippen LogP contribution is -2.49. The first kappa shape index (κ1) is 9.97. The Balaban J connectivity index is 2.00. The quantitative estimate of drug-likeness (QED) is 0.688. The summed E-state index contributed by atoms with van der Waals surface area (Å²) in [6.45, 7) is 1.70. The first-order valence-electron chi connectivity index (χ1n) is 5.74. The Morgan fingerprint density at radius 3 is 2.14 bits per heavy atom. The van der Waals surface area contributed by atoms with E-state index < -0.39 is 5.60 Å². The Morgan fingerprint density at radius 2 is 1.57 bits per heavy atom. The summed E-state index contributed by atoms with van der Waals surface area (Å²) in [4.78, 5) is 13.8. The molecule has 0 bridgehead atoms. The average molecular weight is 197 g/mol. The third-order valence-electron chi connectivity index (χ3n) is 3.47. The molecule has 1 saturated heterocycles. The second-order valence-electron chi connectivity index (χ2n) is 4.59. The van der Waals surface area contributed by atoms with Crippen molar-refractivity contribution in [2.45, 2.75) is 50.5 Å². The van der Waals surface area contributed by atoms with Gasteiger partial charge >= 0.3 is 0 Å². The molecule has 0 aromatic heterocycles. The van der Waals surface area contributed by atoms with Crippen LogP contribution in [0.2, 0.25) is 0 Å². The molecule has 0 spiro atoms. The van der Waals surface area contributed by atoms with E-state index in [1.807, 2.05) is 4.90 Å². The Morgan fingerprint density at radius 1 is 1.00 bits per heavy atom. The highest BCUT2D eigenvalue weighted by Gasteiger charge is 2.40. The van der Waals surface area contributed by atoms with Gasteiger partial charge < -0.3 is 10.0 Å². The molecule has 1 aliphatic carbocycles. The van der Waals surface area contributed by atoms with Crippen LogP contribution in [0.1, 0.15) is 44.9 Å². The fraction of sp³-hybridized carbons (Fsp3) is 0.909. The number of rotatable bonds is 1. The van der Waals surface area contributed by atoms with Crippen molar-refractivity contribution in [1.82, 2.24) is 4.90 Å². The van der Waals surface area contributed by atoms with E-state index in [1.165, 1.54) is 0 Å². The van der Waals surface area contributed by atoms with Crippen LogP contribution >= 0.6 is 0 Å². The van der Waals surface area contributed by atoms with E-state index in [2.05, 4.69) is 0 Å². The van der Waals surface area contributed by atoms with Crippen molar-refractivity contribution in [3.8, 4) is 0 Å². The number of hydrogen-bond donors (Lipinski definition) is 1. The molecule has 2 aliphatic rings. The van der Waals surface area contributed by atoms with Gasteiger partial charge in [-0.15, -0.1) is 0 Å². The van der Waals surface area contributed by atoms with E-state index in [0.717, 1.165) is 45.2 Å². The van der Waals surface area contributed by atoms with Gasteiger partial charge in [0.05, 0.1) is 0 Å². The first-order valence-corrected chi connectivity index (χ1v) is 5.74. The smallest absolute Gasteiger partial charge is 0.254 e. The Bertz CT molecular complexity index is 215. The van der Waals surface area contributed by atoms with Crippen LogP contribution in [-0.4, -0.2) is 34.6 Å². The standard InChI is InChI=1S/C11H19NO2/c13-10(12-8-4-5-9-12)11(14)6-2-1-3-7-11/h14H,1-9H2. The molecule has 80 valence electrons. The van der Waals surface area contributed by atoms with Crippen LogP contribution in [0.15, 0.2) is 0 Å². The van der Waals surface area contributed by atoms with Crippen molar-refractivity contribution < 1.29 is 9.90 Å². The number of likely N-dealkylation sites (tertiary alicyclic amines) is 1. The Labute approximate surface area is 85.1 Å². The minimum Gasteiger partial charge on any atom is -0.380 e. The summed E-state index contributed by atoms with van der Waals surface area (Å²) < 4.78 is 0. The SMILES string of the molecule is O=C(N1CCCC1)C1(O)CCCCC1. The van der Waals surface area contributed by atoms with Crippen molar-refractivity contribution in [2.24, 2.45) is 0 Å². The van der Waals surface area contributed by atoms with Crippen LogP contribution in [0, 0.1) is 0 Å². The van der Waals surface area contributed by atoms with Crippen molar-refractivity contribution in [2.75, 3.05) is 13.1 Å². The predicted octanol–water partition coefficient (Wildman–Crippen LogP) is 1.30. The Kier molecular flexibility index (Phi) is 2.77. The summed E-state index contributed by atoms with van der Waals surface area (Å²) in [5.74, 6) is -0.00491. The molecule has 1 aliphatic heterocycles. The molecule has 1 amide bonds. The number of carbonyl (C=O) groups is 1. The van der Waals surface area contributed by atoms with Gasteiger partial charge in [0.2, 0.25) is 0 Å². The number of hydrogen-bond acceptors (Lipinski definition) is 2. The molecule has 3 nitrogen and oxygen atoms in total. The topological polar surface area (TPSA) is 40.5 Å². The third kappa shape index (κ3) is 1.78. The highest BCUT2D eigenvalue weighted by Crippen LogP contribution is 2.30. The van der Waals surface area contributed by atoms with Gasteiger partial charge in [0, 0.05) is 13.1 Å². The van der Waals surface area contributed by atoms with E-state index in [1.54, 1.807) is 0 Å². The van der Waals surface area contributed by atoms with Crippen molar-refractivity contribution in [3.05, 3.63) is 0 Å². The van der Waals surface area contributed by atoms with Crippen molar-refractivity contribution in [1.29, 1.82) is 0 Å². The minimum atomic E-state index is -1.01. The third-order valence-corrected chi connectivity index (χ3v) is 3.47. The molecule has 2 fully saturated rings. The van der Waals surface area contributed by atoms with Crippen molar-refractivity contribution >= 4 is 5.91 Å². The van der Waals surface area contributed by atoms with Crippen LogP contribution < -0.4 is 0 Å². The van der Waals surface area contributed by atoms with Gasteiger partial charge in [-0.2, -0.15) is 0 Å². The monoisotopic (exact) mass is 197 g/mol. The zero-order valence-corrected chi connectivity index (χ0v) is 8.67. The largest absolute Gasteiger partial charge is 0.380 e. The molecule has 1 saturated carbocycles. The molecule has 0 unspecified atom stereocenters. The van der Waals surface area contributed by atoms with Gasteiger partial charge in [0.15, 0.2) is 0 Å². The molecule has 2 rings (SSSR count). The maximum atomic E-state index is 12.0. The summed E-state index contributed by atoms with van der Waals surface area (Å²) in [5.41, 5.74) is -1.01. The lowest BCUT2D eigenvalue weighted by molar-refractivity contribution is -0.153. The molecule has 0 aromatic carbocycles. The van der Waals surface area contributed by atoms with Gasteiger partial charge in [-0.25, -0.2) is 0 Å². The molecule has 0 aromatic rings. The van der Waals surface area contributed by atoms with Crippen molar-refractivity contribution in [3.63, 3.8) is 0 Å². The lowest BCUT2D eigenvalue weighted by Gasteiger charge is -2.34. The molecule has 14 heavy (non-hydrogen) atoms.